The van der Waals surface area contributed by atoms with Crippen LogP contribution in [0.3, 0.4) is 0 Å². The molecule has 0 bridgehead atoms. The van der Waals surface area contributed by atoms with Crippen LogP contribution in [0.4, 0.5) is 13.2 Å². The van der Waals surface area contributed by atoms with Crippen molar-refractivity contribution in [2.45, 2.75) is 19.6 Å². The van der Waals surface area contributed by atoms with Crippen LogP contribution in [0.1, 0.15) is 12.7 Å². The van der Waals surface area contributed by atoms with E-state index >= 15 is 0 Å². The predicted octanol–water partition coefficient (Wildman–Crippen LogP) is 2.33. The zero-order valence-corrected chi connectivity index (χ0v) is 13.2. The Hall–Kier alpha value is -3.10. The molecule has 0 fully saturated rings. The normalized spacial score (nSPS) is 12.2. The average Bonchev–Trinajstić information content (AvgIpc) is 2.92. The van der Waals surface area contributed by atoms with E-state index in [1.54, 1.807) is 31.2 Å². The first kappa shape index (κ1) is 18.2. The molecular formula is C16H15F3N4O2. The van der Waals surface area contributed by atoms with Gasteiger partial charge in [0.05, 0.1) is 11.0 Å². The number of fused-ring (bicyclic) bond motifs is 1. The number of hydrazine groups is 1. The number of imidazole rings is 1. The third-order valence-corrected chi connectivity index (χ3v) is 3.09. The van der Waals surface area contributed by atoms with Gasteiger partial charge in [-0.15, -0.1) is 0 Å². The lowest BCUT2D eigenvalue weighted by Crippen LogP contribution is -2.42. The predicted molar refractivity (Wildman–Crippen MR) is 85.0 cm³/mol. The number of allylic oxidation sites excluding steroid dienone is 3. The molecule has 9 heteroatoms. The minimum atomic E-state index is -4.71. The lowest BCUT2D eigenvalue weighted by molar-refractivity contribution is -0.147. The molecular weight excluding hydrogens is 337 g/mol. The fraction of sp³-hybridized carbons (Fsp3) is 0.188. The highest BCUT2D eigenvalue weighted by Crippen LogP contribution is 2.31. The Morgan fingerprint density at radius 2 is 1.92 bits per heavy atom. The zero-order chi connectivity index (χ0) is 18.4. The summed E-state index contributed by atoms with van der Waals surface area (Å²) in [5.74, 6) is -2.61. The Morgan fingerprint density at radius 3 is 2.60 bits per heavy atom. The van der Waals surface area contributed by atoms with Gasteiger partial charge >= 0.3 is 6.18 Å². The first-order valence-corrected chi connectivity index (χ1v) is 7.23. The molecule has 25 heavy (non-hydrogen) atoms. The van der Waals surface area contributed by atoms with Crippen LogP contribution >= 0.6 is 0 Å². The van der Waals surface area contributed by atoms with Gasteiger partial charge in [-0.2, -0.15) is 13.2 Å². The number of carbonyl (C=O) groups is 2. The van der Waals surface area contributed by atoms with Crippen LogP contribution in [0.15, 0.2) is 48.6 Å². The molecule has 0 saturated carbocycles. The third-order valence-electron chi connectivity index (χ3n) is 3.09. The smallest absolute Gasteiger partial charge is 0.311 e. The van der Waals surface area contributed by atoms with E-state index in [1.807, 2.05) is 0 Å². The van der Waals surface area contributed by atoms with Gasteiger partial charge in [0.1, 0.15) is 6.54 Å². The van der Waals surface area contributed by atoms with Gasteiger partial charge in [-0.05, 0) is 19.1 Å². The summed E-state index contributed by atoms with van der Waals surface area (Å²) < 4.78 is 40.1. The van der Waals surface area contributed by atoms with Crippen molar-refractivity contribution in [2.75, 3.05) is 0 Å². The number of nitrogens with zero attached hydrogens (tertiary/aromatic N) is 2. The Morgan fingerprint density at radius 1 is 1.20 bits per heavy atom. The van der Waals surface area contributed by atoms with Crippen LogP contribution in [0.25, 0.3) is 11.0 Å². The van der Waals surface area contributed by atoms with Crippen molar-refractivity contribution in [3.8, 4) is 0 Å². The highest BCUT2D eigenvalue weighted by Gasteiger charge is 2.37. The summed E-state index contributed by atoms with van der Waals surface area (Å²) in [7, 11) is 0. The van der Waals surface area contributed by atoms with Crippen LogP contribution < -0.4 is 10.9 Å². The molecule has 0 radical (unpaired) electrons. The topological polar surface area (TPSA) is 76.0 Å². The molecule has 1 aromatic heterocycles. The second-order valence-electron chi connectivity index (χ2n) is 4.93. The molecule has 1 heterocycles. The summed E-state index contributed by atoms with van der Waals surface area (Å²) in [5, 5.41) is 0. The molecule has 0 saturated heterocycles. The van der Waals surface area contributed by atoms with Gasteiger partial charge in [-0.25, -0.2) is 4.98 Å². The highest BCUT2D eigenvalue weighted by atomic mass is 19.4. The van der Waals surface area contributed by atoms with Crippen molar-refractivity contribution >= 4 is 22.8 Å². The van der Waals surface area contributed by atoms with Crippen molar-refractivity contribution in [1.29, 1.82) is 0 Å². The number of hydrogen-bond donors (Lipinski definition) is 2. The van der Waals surface area contributed by atoms with E-state index in [0.29, 0.717) is 0 Å². The molecule has 0 aliphatic heterocycles. The highest BCUT2D eigenvalue weighted by molar-refractivity contribution is 5.90. The number of hydrogen-bond acceptors (Lipinski definition) is 3. The van der Waals surface area contributed by atoms with Crippen LogP contribution in [-0.2, 0) is 22.3 Å². The van der Waals surface area contributed by atoms with Crippen molar-refractivity contribution in [3.63, 3.8) is 0 Å². The molecule has 1 aromatic carbocycles. The lowest BCUT2D eigenvalue weighted by Gasteiger charge is -2.11. The fourth-order valence-electron chi connectivity index (χ4n) is 2.06. The van der Waals surface area contributed by atoms with Gasteiger partial charge in [-0.3, -0.25) is 20.4 Å². The maximum Gasteiger partial charge on any atom is 0.449 e. The number of aromatic nitrogens is 2. The van der Waals surface area contributed by atoms with E-state index in [-0.39, 0.29) is 11.0 Å². The Labute approximate surface area is 141 Å². The fourth-order valence-corrected chi connectivity index (χ4v) is 2.06. The quantitative estimate of drug-likeness (QED) is 0.504. The van der Waals surface area contributed by atoms with E-state index in [9.17, 15) is 22.8 Å². The number of nitrogens with one attached hydrogen (secondary N) is 2. The summed E-state index contributed by atoms with van der Waals surface area (Å²) in [6.07, 6.45) is 1.21. The Balaban J connectivity index is 2.14. The number of benzene rings is 1. The molecule has 0 aliphatic rings. The lowest BCUT2D eigenvalue weighted by atomic mass is 10.3. The molecule has 2 N–H and O–H groups in total. The summed E-state index contributed by atoms with van der Waals surface area (Å²) in [4.78, 5) is 26.8. The van der Waals surface area contributed by atoms with Crippen LogP contribution in [0.5, 0.6) is 0 Å². The van der Waals surface area contributed by atoms with Crippen LogP contribution in [0, 0.1) is 0 Å². The van der Waals surface area contributed by atoms with Crippen molar-refractivity contribution < 1.29 is 22.8 Å². The minimum Gasteiger partial charge on any atom is -0.311 e. The van der Waals surface area contributed by atoms with Crippen LogP contribution in [0.2, 0.25) is 0 Å². The Bertz CT molecular complexity index is 838. The Kier molecular flexibility index (Phi) is 5.58. The van der Waals surface area contributed by atoms with Gasteiger partial charge in [-0.1, -0.05) is 30.4 Å². The van der Waals surface area contributed by atoms with Crippen LogP contribution in [-0.4, -0.2) is 21.4 Å². The summed E-state index contributed by atoms with van der Waals surface area (Å²) in [6.45, 7) is 1.12. The number of alkyl halides is 3. The van der Waals surface area contributed by atoms with E-state index < -0.39 is 30.4 Å². The van der Waals surface area contributed by atoms with E-state index in [1.165, 1.54) is 18.2 Å². The van der Waals surface area contributed by atoms with Gasteiger partial charge in [0.25, 0.3) is 11.8 Å². The van der Waals surface area contributed by atoms with Gasteiger partial charge < -0.3 is 4.57 Å². The SMILES string of the molecule is C/C=C/C=C/C(=O)NNC(=O)Cn1c(C(F)(F)F)nc2ccccc21. The minimum absolute atomic E-state index is 0.126. The van der Waals surface area contributed by atoms with Gasteiger partial charge in [0.15, 0.2) is 0 Å². The van der Waals surface area contributed by atoms with Gasteiger partial charge in [0.2, 0.25) is 5.82 Å². The second-order valence-corrected chi connectivity index (χ2v) is 4.93. The largest absolute Gasteiger partial charge is 0.449 e. The van der Waals surface area contributed by atoms with Gasteiger partial charge in [0, 0.05) is 6.08 Å². The molecule has 0 aliphatic carbocycles. The zero-order valence-electron chi connectivity index (χ0n) is 13.2. The maximum absolute atomic E-state index is 13.1. The first-order chi connectivity index (χ1) is 11.8. The second kappa shape index (κ2) is 7.65. The molecule has 0 unspecified atom stereocenters. The third kappa shape index (κ3) is 4.69. The van der Waals surface area contributed by atoms with E-state index in [2.05, 4.69) is 15.8 Å². The molecule has 132 valence electrons. The van der Waals surface area contributed by atoms with E-state index in [0.717, 1.165) is 10.6 Å². The number of halogens is 3. The maximum atomic E-state index is 13.1. The average molecular weight is 352 g/mol. The molecule has 0 atom stereocenters. The summed E-state index contributed by atoms with van der Waals surface area (Å²) in [6, 6.07) is 5.96. The van der Waals surface area contributed by atoms with E-state index in [4.69, 9.17) is 0 Å². The number of para-hydroxylation sites is 2. The van der Waals surface area contributed by atoms with Crippen molar-refractivity contribution in [2.24, 2.45) is 0 Å². The number of rotatable bonds is 4. The van der Waals surface area contributed by atoms with Crippen molar-refractivity contribution in [1.82, 2.24) is 20.4 Å². The van der Waals surface area contributed by atoms with Crippen molar-refractivity contribution in [3.05, 3.63) is 54.4 Å². The monoisotopic (exact) mass is 352 g/mol. The first-order valence-electron chi connectivity index (χ1n) is 7.23. The summed E-state index contributed by atoms with van der Waals surface area (Å²) in [5.41, 5.74) is 4.44. The standard InChI is InChI=1S/C16H15F3N4O2/c1-2-3-4-9-13(24)21-22-14(25)10-23-12-8-6-5-7-11(12)20-15(23)16(17,18)19/h2-9H,10H2,1H3,(H,21,24)(H,22,25)/b3-2+,9-4+. The molecule has 0 spiro atoms. The molecule has 2 amide bonds. The molecule has 6 nitrogen and oxygen atoms in total. The molecule has 2 aromatic rings. The number of amides is 2. The number of carbonyl (C=O) groups excluding carboxylic acids is 2. The summed E-state index contributed by atoms with van der Waals surface area (Å²) >= 11 is 0. The molecule has 2 rings (SSSR count).